The molecule has 0 aromatic carbocycles. The van der Waals surface area contributed by atoms with Crippen molar-refractivity contribution < 1.29 is 4.79 Å². The van der Waals surface area contributed by atoms with Gasteiger partial charge in [0.05, 0.1) is 0 Å². The number of aryl methyl sites for hydroxylation is 2. The van der Waals surface area contributed by atoms with Gasteiger partial charge in [0, 0.05) is 23.6 Å². The highest BCUT2D eigenvalue weighted by molar-refractivity contribution is 7.99. The van der Waals surface area contributed by atoms with E-state index < -0.39 is 0 Å². The maximum Gasteiger partial charge on any atom is 0.233 e. The van der Waals surface area contributed by atoms with Crippen molar-refractivity contribution in [2.75, 3.05) is 5.75 Å². The minimum atomic E-state index is -0.0965. The number of thioether (sulfide) groups is 1. The molecule has 1 aromatic rings. The first kappa shape index (κ1) is 15.9. The Labute approximate surface area is 118 Å². The van der Waals surface area contributed by atoms with Gasteiger partial charge in [0.25, 0.3) is 0 Å². The summed E-state index contributed by atoms with van der Waals surface area (Å²) in [5, 5.41) is 0.848. The van der Waals surface area contributed by atoms with Crippen molar-refractivity contribution in [1.29, 1.82) is 0 Å². The molecule has 5 nitrogen and oxygen atoms in total. The number of amides is 1. The summed E-state index contributed by atoms with van der Waals surface area (Å²) in [6.07, 6.45) is 3.44. The summed E-state index contributed by atoms with van der Waals surface area (Å²) in [6, 6.07) is 0. The Kier molecular flexibility index (Phi) is 6.80. The van der Waals surface area contributed by atoms with E-state index in [9.17, 15) is 4.79 Å². The zero-order chi connectivity index (χ0) is 14.3. The van der Waals surface area contributed by atoms with Crippen LogP contribution in [0.25, 0.3) is 0 Å². The van der Waals surface area contributed by atoms with Gasteiger partial charge >= 0.3 is 0 Å². The SMILES string of the molecule is Cc1nc(SCCCCCC(=O)NN)nc(C)c1C. The van der Waals surface area contributed by atoms with Gasteiger partial charge in [-0.05, 0) is 39.2 Å². The summed E-state index contributed by atoms with van der Waals surface area (Å²) in [5.74, 6) is 5.89. The van der Waals surface area contributed by atoms with Gasteiger partial charge in [0.1, 0.15) is 0 Å². The van der Waals surface area contributed by atoms with Crippen LogP contribution in [0.4, 0.5) is 0 Å². The smallest absolute Gasteiger partial charge is 0.233 e. The lowest BCUT2D eigenvalue weighted by Gasteiger charge is -2.06. The average molecular weight is 282 g/mol. The second-order valence-corrected chi connectivity index (χ2v) is 5.59. The van der Waals surface area contributed by atoms with Gasteiger partial charge in [-0.2, -0.15) is 0 Å². The maximum atomic E-state index is 10.9. The van der Waals surface area contributed by atoms with E-state index in [2.05, 4.69) is 15.4 Å². The fourth-order valence-electron chi connectivity index (χ4n) is 1.61. The quantitative estimate of drug-likeness (QED) is 0.200. The fraction of sp³-hybridized carbons (Fsp3) is 0.615. The van der Waals surface area contributed by atoms with Gasteiger partial charge in [0.15, 0.2) is 5.16 Å². The molecule has 0 saturated heterocycles. The second kappa shape index (κ2) is 8.12. The summed E-state index contributed by atoms with van der Waals surface area (Å²) in [4.78, 5) is 19.8. The molecule has 19 heavy (non-hydrogen) atoms. The molecule has 3 N–H and O–H groups in total. The Morgan fingerprint density at radius 2 is 1.79 bits per heavy atom. The molecule has 0 radical (unpaired) electrons. The predicted octanol–water partition coefficient (Wildman–Crippen LogP) is 2.04. The molecule has 0 spiro atoms. The molecule has 106 valence electrons. The van der Waals surface area contributed by atoms with E-state index in [0.717, 1.165) is 47.1 Å². The third-order valence-corrected chi connectivity index (χ3v) is 3.99. The van der Waals surface area contributed by atoms with Crippen molar-refractivity contribution >= 4 is 17.7 Å². The van der Waals surface area contributed by atoms with E-state index in [4.69, 9.17) is 5.84 Å². The molecular formula is C13H22N4OS. The van der Waals surface area contributed by atoms with Crippen LogP contribution in [0.15, 0.2) is 5.16 Å². The number of unbranched alkanes of at least 4 members (excludes halogenated alkanes) is 2. The molecule has 1 heterocycles. The first-order chi connectivity index (χ1) is 9.04. The maximum absolute atomic E-state index is 10.9. The minimum Gasteiger partial charge on any atom is -0.294 e. The molecule has 0 bridgehead atoms. The van der Waals surface area contributed by atoms with E-state index in [0.29, 0.717) is 6.42 Å². The van der Waals surface area contributed by atoms with E-state index in [1.54, 1.807) is 11.8 Å². The number of hydrogen-bond acceptors (Lipinski definition) is 5. The molecule has 0 aliphatic heterocycles. The van der Waals surface area contributed by atoms with Crippen LogP contribution in [0.2, 0.25) is 0 Å². The normalized spacial score (nSPS) is 10.5. The van der Waals surface area contributed by atoms with Crippen molar-refractivity contribution in [2.45, 2.75) is 51.6 Å². The van der Waals surface area contributed by atoms with Crippen LogP contribution in [-0.2, 0) is 4.79 Å². The summed E-state index contributed by atoms with van der Waals surface area (Å²) < 4.78 is 0. The molecule has 0 aliphatic carbocycles. The second-order valence-electron chi connectivity index (χ2n) is 4.53. The lowest BCUT2D eigenvalue weighted by molar-refractivity contribution is -0.121. The van der Waals surface area contributed by atoms with E-state index in [1.807, 2.05) is 20.8 Å². The summed E-state index contributed by atoms with van der Waals surface area (Å²) in [7, 11) is 0. The third kappa shape index (κ3) is 5.57. The van der Waals surface area contributed by atoms with Crippen LogP contribution in [0.3, 0.4) is 0 Å². The topological polar surface area (TPSA) is 80.9 Å². The number of hydrogen-bond donors (Lipinski definition) is 2. The molecule has 1 amide bonds. The Morgan fingerprint density at radius 3 is 2.37 bits per heavy atom. The van der Waals surface area contributed by atoms with Crippen molar-refractivity contribution in [3.05, 3.63) is 17.0 Å². The number of rotatable bonds is 7. The first-order valence-corrected chi connectivity index (χ1v) is 7.47. The molecular weight excluding hydrogens is 260 g/mol. The molecule has 0 aliphatic rings. The number of nitrogens with two attached hydrogens (primary N) is 1. The van der Waals surface area contributed by atoms with Gasteiger partial charge in [-0.1, -0.05) is 18.2 Å². The Balaban J connectivity index is 2.25. The van der Waals surface area contributed by atoms with Gasteiger partial charge in [0.2, 0.25) is 5.91 Å². The van der Waals surface area contributed by atoms with Gasteiger partial charge in [-0.3, -0.25) is 10.2 Å². The van der Waals surface area contributed by atoms with Crippen LogP contribution in [0, 0.1) is 20.8 Å². The van der Waals surface area contributed by atoms with E-state index >= 15 is 0 Å². The van der Waals surface area contributed by atoms with Crippen molar-refractivity contribution in [2.24, 2.45) is 5.84 Å². The molecule has 0 saturated carbocycles. The lowest BCUT2D eigenvalue weighted by atomic mass is 10.2. The number of nitrogens with zero attached hydrogens (tertiary/aromatic N) is 2. The monoisotopic (exact) mass is 282 g/mol. The number of aromatic nitrogens is 2. The van der Waals surface area contributed by atoms with Gasteiger partial charge in [-0.25, -0.2) is 15.8 Å². The van der Waals surface area contributed by atoms with E-state index in [1.165, 1.54) is 0 Å². The molecule has 0 fully saturated rings. The summed E-state index contributed by atoms with van der Waals surface area (Å²) in [5.41, 5.74) is 5.40. The van der Waals surface area contributed by atoms with Crippen molar-refractivity contribution in [1.82, 2.24) is 15.4 Å². The third-order valence-electron chi connectivity index (χ3n) is 3.05. The molecule has 0 atom stereocenters. The summed E-state index contributed by atoms with van der Waals surface area (Å²) in [6.45, 7) is 6.07. The molecule has 1 rings (SSSR count). The van der Waals surface area contributed by atoms with Crippen LogP contribution in [0.5, 0.6) is 0 Å². The highest BCUT2D eigenvalue weighted by Crippen LogP contribution is 2.18. The first-order valence-electron chi connectivity index (χ1n) is 6.48. The van der Waals surface area contributed by atoms with Crippen molar-refractivity contribution in [3.8, 4) is 0 Å². The Morgan fingerprint density at radius 1 is 1.16 bits per heavy atom. The molecule has 6 heteroatoms. The number of carbonyl (C=O) groups is 1. The fourth-order valence-corrected chi connectivity index (χ4v) is 2.54. The Bertz CT molecular complexity index is 414. The average Bonchev–Trinajstić information content (AvgIpc) is 2.39. The number of hydrazine groups is 1. The molecule has 0 unspecified atom stereocenters. The largest absolute Gasteiger partial charge is 0.294 e. The highest BCUT2D eigenvalue weighted by Gasteiger charge is 2.05. The zero-order valence-electron chi connectivity index (χ0n) is 11.8. The lowest BCUT2D eigenvalue weighted by Crippen LogP contribution is -2.29. The van der Waals surface area contributed by atoms with Crippen LogP contribution in [0.1, 0.15) is 42.6 Å². The molecule has 1 aromatic heterocycles. The zero-order valence-corrected chi connectivity index (χ0v) is 12.6. The number of carbonyl (C=O) groups excluding carboxylic acids is 1. The summed E-state index contributed by atoms with van der Waals surface area (Å²) >= 11 is 1.67. The number of nitrogens with one attached hydrogen (secondary N) is 1. The van der Waals surface area contributed by atoms with E-state index in [-0.39, 0.29) is 5.91 Å². The predicted molar refractivity (Wildman–Crippen MR) is 77.8 cm³/mol. The van der Waals surface area contributed by atoms with Crippen molar-refractivity contribution in [3.63, 3.8) is 0 Å². The standard InChI is InChI=1S/C13H22N4OS/c1-9-10(2)15-13(16-11(9)3)19-8-6-4-5-7-12(18)17-14/h4-8,14H2,1-3H3,(H,17,18). The van der Waals surface area contributed by atoms with Gasteiger partial charge < -0.3 is 0 Å². The highest BCUT2D eigenvalue weighted by atomic mass is 32.2. The van der Waals surface area contributed by atoms with Crippen LogP contribution < -0.4 is 11.3 Å². The van der Waals surface area contributed by atoms with Crippen LogP contribution in [-0.4, -0.2) is 21.6 Å². The van der Waals surface area contributed by atoms with Crippen LogP contribution >= 0.6 is 11.8 Å². The Hall–Kier alpha value is -1.14. The minimum absolute atomic E-state index is 0.0965. The van der Waals surface area contributed by atoms with Gasteiger partial charge in [-0.15, -0.1) is 0 Å².